The highest BCUT2D eigenvalue weighted by atomic mass is 32.2. The Balaban J connectivity index is 1.52. The topological polar surface area (TPSA) is 231 Å². The van der Waals surface area contributed by atoms with E-state index in [2.05, 4.69) is 30.1 Å². The van der Waals surface area contributed by atoms with Crippen LogP contribution in [0.5, 0.6) is 5.75 Å². The number of guanidine groups is 1. The van der Waals surface area contributed by atoms with Crippen molar-refractivity contribution in [2.45, 2.75) is 102 Å². The minimum Gasteiger partial charge on any atom is -0.496 e. The summed E-state index contributed by atoms with van der Waals surface area (Å²) < 4.78 is 63.8. The van der Waals surface area contributed by atoms with Gasteiger partial charge < -0.3 is 26.2 Å². The molecule has 0 saturated heterocycles. The fourth-order valence-electron chi connectivity index (χ4n) is 6.71. The SMILES string of the molecule is COc1cc(C)c(S(=O)(=O)NC(N)=NCCC[C@H](NC(=O)[C@H](CC(C)(C)C)NC(=O)[C@@H](Cc2ccccc2)NS(=O)(=O)Cc2ccccc2)C(O)c2nccs2)c(C)c1C. The summed E-state index contributed by atoms with van der Waals surface area (Å²) in [4.78, 5) is 36.8. The van der Waals surface area contributed by atoms with Gasteiger partial charge in [0.15, 0.2) is 0 Å². The second-order valence-corrected chi connectivity index (χ2v) is 20.1. The number of ether oxygens (including phenoxy) is 1. The molecule has 0 spiro atoms. The number of aryl methyl sites for hydroxylation is 1. The number of aliphatic hydroxyl groups is 1. The normalized spacial score (nSPS) is 14.4. The Morgan fingerprint density at radius 3 is 2.12 bits per heavy atom. The summed E-state index contributed by atoms with van der Waals surface area (Å²) in [7, 11) is -6.60. The van der Waals surface area contributed by atoms with E-state index in [1.807, 2.05) is 26.8 Å². The van der Waals surface area contributed by atoms with Crippen molar-refractivity contribution >= 4 is 49.2 Å². The minimum atomic E-state index is -4.10. The molecule has 0 aliphatic carbocycles. The predicted octanol–water partition coefficient (Wildman–Crippen LogP) is 4.32. The van der Waals surface area contributed by atoms with Crippen molar-refractivity contribution in [1.29, 1.82) is 0 Å². The second-order valence-electron chi connectivity index (χ2n) is 15.9. The van der Waals surface area contributed by atoms with Crippen molar-refractivity contribution in [3.05, 3.63) is 111 Å². The number of rotatable bonds is 20. The molecule has 1 unspecified atom stereocenters. The van der Waals surface area contributed by atoms with Gasteiger partial charge in [-0.2, -0.15) is 0 Å². The molecule has 18 heteroatoms. The first-order chi connectivity index (χ1) is 28.2. The van der Waals surface area contributed by atoms with Crippen LogP contribution in [0.4, 0.5) is 0 Å². The molecule has 0 bridgehead atoms. The maximum atomic E-state index is 14.2. The number of nitrogens with one attached hydrogen (secondary N) is 4. The first kappa shape index (κ1) is 47.8. The first-order valence-electron chi connectivity index (χ1n) is 19.4. The van der Waals surface area contributed by atoms with Crippen LogP contribution in [0, 0.1) is 26.2 Å². The average molecular weight is 884 g/mol. The highest BCUT2D eigenvalue weighted by Gasteiger charge is 2.34. The molecule has 4 atom stereocenters. The number of aliphatic imine (C=N–C) groups is 1. The number of nitrogens with two attached hydrogens (primary N) is 1. The van der Waals surface area contributed by atoms with Crippen LogP contribution in [-0.2, 0) is 41.8 Å². The number of hydrogen-bond donors (Lipinski definition) is 6. The van der Waals surface area contributed by atoms with Gasteiger partial charge >= 0.3 is 0 Å². The number of hydrogen-bond acceptors (Lipinski definition) is 11. The van der Waals surface area contributed by atoms with E-state index in [4.69, 9.17) is 10.5 Å². The summed E-state index contributed by atoms with van der Waals surface area (Å²) in [6, 6.07) is 15.9. The van der Waals surface area contributed by atoms with Gasteiger partial charge in [0.1, 0.15) is 28.9 Å². The van der Waals surface area contributed by atoms with E-state index in [-0.39, 0.29) is 48.8 Å². The summed E-state index contributed by atoms with van der Waals surface area (Å²) in [6.45, 7) is 10.9. The molecule has 0 radical (unpaired) electrons. The molecule has 15 nitrogen and oxygen atoms in total. The zero-order valence-corrected chi connectivity index (χ0v) is 37.5. The van der Waals surface area contributed by atoms with Crippen LogP contribution in [0.3, 0.4) is 0 Å². The van der Waals surface area contributed by atoms with Crippen molar-refractivity contribution < 1.29 is 36.3 Å². The van der Waals surface area contributed by atoms with E-state index in [1.165, 1.54) is 24.6 Å². The summed E-state index contributed by atoms with van der Waals surface area (Å²) in [5.74, 6) is -1.41. The summed E-state index contributed by atoms with van der Waals surface area (Å²) >= 11 is 1.20. The number of methoxy groups -OCH3 is 1. The molecule has 4 aromatic rings. The van der Waals surface area contributed by atoms with E-state index in [0.29, 0.717) is 38.6 Å². The lowest BCUT2D eigenvalue weighted by Crippen LogP contribution is -2.56. The number of sulfonamides is 2. The maximum absolute atomic E-state index is 14.2. The number of aromatic nitrogens is 1. The lowest BCUT2D eigenvalue weighted by atomic mass is 9.87. The van der Waals surface area contributed by atoms with Gasteiger partial charge in [0.2, 0.25) is 27.8 Å². The van der Waals surface area contributed by atoms with Crippen molar-refractivity contribution in [3.8, 4) is 5.75 Å². The highest BCUT2D eigenvalue weighted by Crippen LogP contribution is 2.30. The number of carbonyl (C=O) groups excluding carboxylic acids is 2. The molecule has 0 aliphatic heterocycles. The number of amides is 2. The quantitative estimate of drug-likeness (QED) is 0.0418. The number of aliphatic hydroxyl groups excluding tert-OH is 1. The number of thiazole rings is 1. The van der Waals surface area contributed by atoms with E-state index in [9.17, 15) is 31.5 Å². The van der Waals surface area contributed by atoms with Gasteiger partial charge in [-0.1, -0.05) is 81.4 Å². The molecule has 326 valence electrons. The lowest BCUT2D eigenvalue weighted by molar-refractivity contribution is -0.131. The Morgan fingerprint density at radius 1 is 0.917 bits per heavy atom. The van der Waals surface area contributed by atoms with Crippen molar-refractivity contribution in [1.82, 2.24) is 25.1 Å². The third kappa shape index (κ3) is 14.1. The molecule has 1 aromatic heterocycles. The molecule has 7 N–H and O–H groups in total. The summed E-state index contributed by atoms with van der Waals surface area (Å²) in [5, 5.41) is 19.2. The Morgan fingerprint density at radius 2 is 1.53 bits per heavy atom. The predicted molar refractivity (Wildman–Crippen MR) is 234 cm³/mol. The van der Waals surface area contributed by atoms with Crippen LogP contribution >= 0.6 is 11.3 Å². The van der Waals surface area contributed by atoms with Crippen LogP contribution in [-0.4, -0.2) is 76.5 Å². The van der Waals surface area contributed by atoms with Crippen LogP contribution in [0.25, 0.3) is 0 Å². The Labute approximate surface area is 357 Å². The molecule has 3 aromatic carbocycles. The van der Waals surface area contributed by atoms with Gasteiger partial charge in [0, 0.05) is 18.1 Å². The molecule has 1 heterocycles. The fraction of sp³-hybridized carbons (Fsp3) is 0.429. The first-order valence-corrected chi connectivity index (χ1v) is 23.4. The summed E-state index contributed by atoms with van der Waals surface area (Å²) in [5.41, 5.74) is 8.49. The zero-order chi connectivity index (χ0) is 44.3. The highest BCUT2D eigenvalue weighted by molar-refractivity contribution is 7.90. The molecular formula is C42H57N7O8S3. The van der Waals surface area contributed by atoms with Crippen LogP contribution < -0.4 is 30.5 Å². The largest absolute Gasteiger partial charge is 0.496 e. The van der Waals surface area contributed by atoms with Gasteiger partial charge in [-0.3, -0.25) is 14.6 Å². The smallest absolute Gasteiger partial charge is 0.264 e. The lowest BCUT2D eigenvalue weighted by Gasteiger charge is -2.30. The van der Waals surface area contributed by atoms with Crippen LogP contribution in [0.1, 0.15) is 79.0 Å². The minimum absolute atomic E-state index is 0.0225. The third-order valence-electron chi connectivity index (χ3n) is 9.64. The van der Waals surface area contributed by atoms with Gasteiger partial charge in [-0.15, -0.1) is 11.3 Å². The number of carbonyl (C=O) groups is 2. The maximum Gasteiger partial charge on any atom is 0.264 e. The van der Waals surface area contributed by atoms with Gasteiger partial charge in [0.05, 0.1) is 23.8 Å². The van der Waals surface area contributed by atoms with E-state index < -0.39 is 61.5 Å². The molecule has 2 amide bonds. The third-order valence-corrected chi connectivity index (χ3v) is 13.5. The molecule has 4 rings (SSSR count). The van der Waals surface area contributed by atoms with E-state index in [0.717, 1.165) is 0 Å². The Hall–Kier alpha value is -4.88. The molecule has 0 aliphatic rings. The van der Waals surface area contributed by atoms with Gasteiger partial charge in [-0.05, 0) is 85.8 Å². The number of nitrogens with zero attached hydrogens (tertiary/aromatic N) is 2. The Bertz CT molecular complexity index is 2300. The van der Waals surface area contributed by atoms with Crippen molar-refractivity contribution in [2.24, 2.45) is 16.1 Å². The van der Waals surface area contributed by atoms with Crippen molar-refractivity contribution in [3.63, 3.8) is 0 Å². The summed E-state index contributed by atoms with van der Waals surface area (Å²) in [6.07, 6.45) is 0.912. The monoisotopic (exact) mass is 883 g/mol. The van der Waals surface area contributed by atoms with Crippen molar-refractivity contribution in [2.75, 3.05) is 13.7 Å². The van der Waals surface area contributed by atoms with Gasteiger partial charge in [0.25, 0.3) is 10.0 Å². The standard InChI is InChI=1S/C42H57N7O8S3/c1-27-23-35(57-7)28(2)29(3)37(27)60(55,56)49-41(43)45-20-14-19-32(36(50)40-44-21-22-58-40)46-39(52)34(25-42(4,5)6)47-38(51)33(24-30-15-10-8-11-16-30)48-59(53,54)26-31-17-12-9-13-18-31/h8-13,15-18,21-23,32-34,36,48,50H,14,19-20,24-26H2,1-7H3,(H,46,52)(H,47,51)(H3,43,45,49)/t32-,33+,34-,36?/m0/s1. The number of benzene rings is 3. The van der Waals surface area contributed by atoms with E-state index >= 15 is 0 Å². The Kier molecular flexibility index (Phi) is 16.8. The zero-order valence-electron chi connectivity index (χ0n) is 35.1. The molecule has 0 fully saturated rings. The van der Waals surface area contributed by atoms with Crippen LogP contribution in [0.15, 0.2) is 88.2 Å². The fourth-order valence-corrected chi connectivity index (χ4v) is 10.2. The van der Waals surface area contributed by atoms with Crippen LogP contribution in [0.2, 0.25) is 0 Å². The molecular weight excluding hydrogens is 827 g/mol. The molecule has 0 saturated carbocycles. The second kappa shape index (κ2) is 21.1. The molecule has 60 heavy (non-hydrogen) atoms. The van der Waals surface area contributed by atoms with E-state index in [1.54, 1.807) is 86.8 Å². The van der Waals surface area contributed by atoms with Gasteiger partial charge in [-0.25, -0.2) is 31.3 Å². The average Bonchev–Trinajstić information content (AvgIpc) is 3.72.